The lowest BCUT2D eigenvalue weighted by Gasteiger charge is -2.45. The van der Waals surface area contributed by atoms with Crippen LogP contribution in [-0.4, -0.2) is 12.3 Å². The van der Waals surface area contributed by atoms with Gasteiger partial charge in [-0.1, -0.05) is 54.1 Å². The second kappa shape index (κ2) is 9.28. The average molecular weight is 463 g/mol. The van der Waals surface area contributed by atoms with Crippen molar-refractivity contribution in [3.8, 4) is 5.75 Å². The molecule has 0 amide bonds. The van der Waals surface area contributed by atoms with E-state index in [1.807, 2.05) is 42.6 Å². The average Bonchev–Trinajstić information content (AvgIpc) is 2.86. The Balaban J connectivity index is 1.38. The van der Waals surface area contributed by atoms with E-state index in [4.69, 9.17) is 22.1 Å². The lowest BCUT2D eigenvalue weighted by atomic mass is 9.63. The second-order valence-corrected chi connectivity index (χ2v) is 9.55. The number of aliphatic imine (C=N–C) groups is 1. The summed E-state index contributed by atoms with van der Waals surface area (Å²) in [4.78, 5) is 4.34. The third kappa shape index (κ3) is 4.42. The summed E-state index contributed by atoms with van der Waals surface area (Å²) in [5.41, 5.74) is 11.2. The van der Waals surface area contributed by atoms with Crippen molar-refractivity contribution in [1.29, 1.82) is 0 Å². The van der Waals surface area contributed by atoms with E-state index in [1.165, 1.54) is 23.3 Å². The maximum Gasteiger partial charge on any atom is 0.138 e. The normalized spacial score (nSPS) is 23.1. The molecule has 3 nitrogen and oxygen atoms in total. The molecule has 0 spiro atoms. The Morgan fingerprint density at radius 1 is 1.00 bits per heavy atom. The molecule has 0 saturated heterocycles. The highest BCUT2D eigenvalue weighted by Crippen LogP contribution is 2.48. The number of nitrogens with zero attached hydrogens (tertiary/aromatic N) is 1. The van der Waals surface area contributed by atoms with E-state index in [1.54, 1.807) is 0 Å². The van der Waals surface area contributed by atoms with E-state index in [0.29, 0.717) is 11.6 Å². The Morgan fingerprint density at radius 2 is 1.73 bits per heavy atom. The van der Waals surface area contributed by atoms with Crippen LogP contribution in [0, 0.1) is 5.82 Å². The number of ether oxygens (including phenoxy) is 1. The minimum atomic E-state index is -0.273. The van der Waals surface area contributed by atoms with Crippen molar-refractivity contribution in [3.05, 3.63) is 99.8 Å². The van der Waals surface area contributed by atoms with E-state index in [9.17, 15) is 4.39 Å². The zero-order chi connectivity index (χ0) is 22.8. The summed E-state index contributed by atoms with van der Waals surface area (Å²) in [6, 6.07) is 20.9. The molecule has 5 heteroatoms. The molecule has 1 aliphatic carbocycles. The highest BCUT2D eigenvalue weighted by molar-refractivity contribution is 6.32. The zero-order valence-electron chi connectivity index (χ0n) is 18.5. The van der Waals surface area contributed by atoms with Gasteiger partial charge in [0.05, 0.1) is 17.7 Å². The molecule has 1 aliphatic heterocycles. The Hall–Kier alpha value is -2.69. The van der Waals surface area contributed by atoms with Crippen LogP contribution in [0.15, 0.2) is 71.7 Å². The molecule has 5 rings (SSSR count). The number of rotatable bonds is 5. The summed E-state index contributed by atoms with van der Waals surface area (Å²) < 4.78 is 20.1. The van der Waals surface area contributed by atoms with Gasteiger partial charge < -0.3 is 10.5 Å². The lowest BCUT2D eigenvalue weighted by molar-refractivity contribution is 0.104. The molecule has 1 saturated carbocycles. The summed E-state index contributed by atoms with van der Waals surface area (Å²) in [7, 11) is 0. The van der Waals surface area contributed by atoms with Gasteiger partial charge in [0, 0.05) is 24.1 Å². The van der Waals surface area contributed by atoms with Gasteiger partial charge in [-0.2, -0.15) is 0 Å². The van der Waals surface area contributed by atoms with Gasteiger partial charge in [-0.25, -0.2) is 4.39 Å². The number of nitrogens with two attached hydrogens (primary N) is 1. The zero-order valence-corrected chi connectivity index (χ0v) is 19.3. The molecule has 3 aromatic carbocycles. The Bertz CT molecular complexity index is 1140. The van der Waals surface area contributed by atoms with E-state index in [2.05, 4.69) is 23.2 Å². The van der Waals surface area contributed by atoms with Crippen LogP contribution in [0.5, 0.6) is 5.75 Å². The minimum Gasteiger partial charge on any atom is -0.489 e. The van der Waals surface area contributed by atoms with Crippen molar-refractivity contribution in [2.75, 3.05) is 0 Å². The molecule has 2 N–H and O–H groups in total. The molecule has 1 fully saturated rings. The van der Waals surface area contributed by atoms with Gasteiger partial charge >= 0.3 is 0 Å². The number of fused-ring (bicyclic) bond motifs is 1. The Labute approximate surface area is 199 Å². The van der Waals surface area contributed by atoms with E-state index in [-0.39, 0.29) is 23.4 Å². The first-order valence-electron chi connectivity index (χ1n) is 11.6. The van der Waals surface area contributed by atoms with E-state index < -0.39 is 0 Å². The molecule has 1 atom stereocenters. The Morgan fingerprint density at radius 3 is 2.45 bits per heavy atom. The monoisotopic (exact) mass is 462 g/mol. The molecule has 170 valence electrons. The SMILES string of the molecule is NC(c1ccccc1)C1(c2ccc(F)cc2)CCC(Oc2cc3c(cc2Cl)CN=CC3)CC1. The van der Waals surface area contributed by atoms with Gasteiger partial charge in [0.2, 0.25) is 0 Å². The molecular formula is C28H28ClFN2O. The number of hydrogen-bond acceptors (Lipinski definition) is 3. The predicted molar refractivity (Wildman–Crippen MR) is 132 cm³/mol. The predicted octanol–water partition coefficient (Wildman–Crippen LogP) is 6.57. The third-order valence-corrected chi connectivity index (χ3v) is 7.54. The van der Waals surface area contributed by atoms with Gasteiger partial charge in [0.1, 0.15) is 11.6 Å². The first kappa shape index (κ1) is 22.1. The van der Waals surface area contributed by atoms with Crippen LogP contribution >= 0.6 is 11.6 Å². The summed E-state index contributed by atoms with van der Waals surface area (Å²) in [6.07, 6.45) is 6.24. The molecule has 0 radical (unpaired) electrons. The van der Waals surface area contributed by atoms with E-state index in [0.717, 1.165) is 49.0 Å². The first-order valence-corrected chi connectivity index (χ1v) is 12.0. The molecule has 0 aromatic heterocycles. The minimum absolute atomic E-state index is 0.0642. The van der Waals surface area contributed by atoms with Crippen LogP contribution in [0.4, 0.5) is 4.39 Å². The van der Waals surface area contributed by atoms with Crippen molar-refractivity contribution in [3.63, 3.8) is 0 Å². The highest BCUT2D eigenvalue weighted by atomic mass is 35.5. The molecule has 33 heavy (non-hydrogen) atoms. The van der Waals surface area contributed by atoms with Gasteiger partial charge in [0.25, 0.3) is 0 Å². The Kier molecular flexibility index (Phi) is 6.22. The van der Waals surface area contributed by atoms with E-state index >= 15 is 0 Å². The van der Waals surface area contributed by atoms with Crippen molar-refractivity contribution < 1.29 is 9.13 Å². The summed E-state index contributed by atoms with van der Waals surface area (Å²) >= 11 is 6.55. The number of hydrogen-bond donors (Lipinski definition) is 1. The van der Waals surface area contributed by atoms with Crippen LogP contribution in [-0.2, 0) is 18.4 Å². The number of benzene rings is 3. The fraction of sp³-hybridized carbons (Fsp3) is 0.321. The first-order chi connectivity index (χ1) is 16.0. The van der Waals surface area contributed by atoms with Crippen molar-refractivity contribution >= 4 is 17.8 Å². The van der Waals surface area contributed by atoms with Crippen LogP contribution in [0.2, 0.25) is 5.02 Å². The largest absolute Gasteiger partial charge is 0.489 e. The maximum atomic E-state index is 13.7. The van der Waals surface area contributed by atoms with Gasteiger partial charge in [-0.05, 0) is 72.2 Å². The topological polar surface area (TPSA) is 47.6 Å². The number of halogens is 2. The van der Waals surface area contributed by atoms with Crippen LogP contribution < -0.4 is 10.5 Å². The molecular weight excluding hydrogens is 435 g/mol. The van der Waals surface area contributed by atoms with Gasteiger partial charge in [-0.15, -0.1) is 0 Å². The molecule has 1 heterocycles. The fourth-order valence-electron chi connectivity index (χ4n) is 5.33. The standard InChI is InChI=1S/C28H28ClFN2O/c29-25-16-21-18-32-15-12-20(21)17-26(25)33-24-10-13-28(14-11-24,22-6-8-23(30)9-7-22)27(31)19-4-2-1-3-5-19/h1-9,15-17,24,27H,10-14,18,31H2. The third-order valence-electron chi connectivity index (χ3n) is 7.25. The molecule has 1 unspecified atom stereocenters. The quantitative estimate of drug-likeness (QED) is 0.466. The van der Waals surface area contributed by atoms with Crippen molar-refractivity contribution in [1.82, 2.24) is 0 Å². The molecule has 0 bridgehead atoms. The van der Waals surface area contributed by atoms with Gasteiger partial charge in [0.15, 0.2) is 0 Å². The second-order valence-electron chi connectivity index (χ2n) is 9.15. The smallest absolute Gasteiger partial charge is 0.138 e. The summed E-state index contributed by atoms with van der Waals surface area (Å²) in [5.74, 6) is 0.517. The van der Waals surface area contributed by atoms with Crippen molar-refractivity contribution in [2.45, 2.75) is 56.2 Å². The van der Waals surface area contributed by atoms with Gasteiger partial charge in [-0.3, -0.25) is 4.99 Å². The highest BCUT2D eigenvalue weighted by Gasteiger charge is 2.43. The fourth-order valence-corrected chi connectivity index (χ4v) is 5.57. The van der Waals surface area contributed by atoms with Crippen molar-refractivity contribution in [2.24, 2.45) is 10.7 Å². The summed E-state index contributed by atoms with van der Waals surface area (Å²) in [6.45, 7) is 0.677. The van der Waals surface area contributed by atoms with Crippen LogP contribution in [0.25, 0.3) is 0 Å². The van der Waals surface area contributed by atoms with Crippen LogP contribution in [0.1, 0.15) is 54.0 Å². The molecule has 3 aromatic rings. The maximum absolute atomic E-state index is 13.7. The summed E-state index contributed by atoms with van der Waals surface area (Å²) in [5, 5.41) is 0.641. The molecule has 2 aliphatic rings. The lowest BCUT2D eigenvalue weighted by Crippen LogP contribution is -2.44. The van der Waals surface area contributed by atoms with Crippen LogP contribution in [0.3, 0.4) is 0 Å².